The van der Waals surface area contributed by atoms with E-state index in [0.29, 0.717) is 30.9 Å². The standard InChI is InChI=1S/C19H28N2O3.ClH/c1-3-24-18-10-13(8-9-17(18)23-2)12-20-19(22)16-11-14-6-4-5-7-15(14)21-16;/h8-10,14-16,21H,3-7,11-12H2,1-2H3,(H,20,22);1H. The summed E-state index contributed by atoms with van der Waals surface area (Å²) in [4.78, 5) is 12.5. The smallest absolute Gasteiger partial charge is 0.237 e. The molecule has 1 amide bonds. The lowest BCUT2D eigenvalue weighted by molar-refractivity contribution is -0.123. The summed E-state index contributed by atoms with van der Waals surface area (Å²) < 4.78 is 10.9. The molecular formula is C19H29ClN2O3. The van der Waals surface area contributed by atoms with E-state index in [1.165, 1.54) is 25.7 Å². The molecule has 2 aliphatic rings. The van der Waals surface area contributed by atoms with Crippen LogP contribution < -0.4 is 20.1 Å². The highest BCUT2D eigenvalue weighted by atomic mass is 35.5. The maximum atomic E-state index is 12.5. The Morgan fingerprint density at radius 2 is 2.08 bits per heavy atom. The number of halogens is 1. The molecule has 2 fully saturated rings. The van der Waals surface area contributed by atoms with Gasteiger partial charge < -0.3 is 20.1 Å². The minimum atomic E-state index is -0.0392. The first-order valence-corrected chi connectivity index (χ1v) is 9.04. The average molecular weight is 369 g/mol. The number of hydrogen-bond acceptors (Lipinski definition) is 4. The zero-order valence-electron chi connectivity index (χ0n) is 15.0. The number of amides is 1. The molecule has 2 N–H and O–H groups in total. The van der Waals surface area contributed by atoms with Crippen LogP contribution in [0.25, 0.3) is 0 Å². The van der Waals surface area contributed by atoms with Gasteiger partial charge in [0.15, 0.2) is 11.5 Å². The molecule has 0 radical (unpaired) electrons. The van der Waals surface area contributed by atoms with E-state index in [1.807, 2.05) is 25.1 Å². The topological polar surface area (TPSA) is 59.6 Å². The molecule has 5 nitrogen and oxygen atoms in total. The third-order valence-corrected chi connectivity index (χ3v) is 5.17. The maximum absolute atomic E-state index is 12.5. The molecule has 3 rings (SSSR count). The van der Waals surface area contributed by atoms with Crippen LogP contribution in [0.5, 0.6) is 11.5 Å². The van der Waals surface area contributed by atoms with Crippen molar-refractivity contribution in [1.29, 1.82) is 0 Å². The van der Waals surface area contributed by atoms with Crippen LogP contribution in [0.2, 0.25) is 0 Å². The molecule has 0 spiro atoms. The molecule has 0 bridgehead atoms. The number of nitrogens with one attached hydrogen (secondary N) is 2. The van der Waals surface area contributed by atoms with E-state index in [-0.39, 0.29) is 24.4 Å². The minimum absolute atomic E-state index is 0. The summed E-state index contributed by atoms with van der Waals surface area (Å²) in [6.45, 7) is 3.04. The Morgan fingerprint density at radius 3 is 2.80 bits per heavy atom. The predicted molar refractivity (Wildman–Crippen MR) is 101 cm³/mol. The number of rotatable bonds is 6. The first-order chi connectivity index (χ1) is 11.7. The Hall–Kier alpha value is -1.46. The molecule has 140 valence electrons. The lowest BCUT2D eigenvalue weighted by atomic mass is 9.85. The summed E-state index contributed by atoms with van der Waals surface area (Å²) in [5.41, 5.74) is 1.02. The van der Waals surface area contributed by atoms with Crippen molar-refractivity contribution in [2.45, 2.75) is 57.7 Å². The highest BCUT2D eigenvalue weighted by Gasteiger charge is 2.37. The summed E-state index contributed by atoms with van der Waals surface area (Å²) in [6.07, 6.45) is 6.05. The van der Waals surface area contributed by atoms with Crippen molar-refractivity contribution in [1.82, 2.24) is 10.6 Å². The maximum Gasteiger partial charge on any atom is 0.237 e. The summed E-state index contributed by atoms with van der Waals surface area (Å²) in [5, 5.41) is 6.58. The van der Waals surface area contributed by atoms with E-state index in [2.05, 4.69) is 10.6 Å². The van der Waals surface area contributed by atoms with Gasteiger partial charge in [0, 0.05) is 12.6 Å². The quantitative estimate of drug-likeness (QED) is 0.810. The van der Waals surface area contributed by atoms with Crippen molar-refractivity contribution in [3.05, 3.63) is 23.8 Å². The van der Waals surface area contributed by atoms with Gasteiger partial charge >= 0.3 is 0 Å². The van der Waals surface area contributed by atoms with Gasteiger partial charge in [0.25, 0.3) is 0 Å². The Labute approximate surface area is 156 Å². The third kappa shape index (κ3) is 4.79. The second kappa shape index (κ2) is 9.30. The van der Waals surface area contributed by atoms with Gasteiger partial charge in [-0.1, -0.05) is 18.9 Å². The van der Waals surface area contributed by atoms with Gasteiger partial charge in [0.2, 0.25) is 5.91 Å². The largest absolute Gasteiger partial charge is 0.493 e. The number of carbonyl (C=O) groups excluding carboxylic acids is 1. The van der Waals surface area contributed by atoms with Crippen LogP contribution in [0.4, 0.5) is 0 Å². The molecule has 3 unspecified atom stereocenters. The van der Waals surface area contributed by atoms with Crippen LogP contribution >= 0.6 is 12.4 Å². The molecule has 1 heterocycles. The van der Waals surface area contributed by atoms with Gasteiger partial charge in [-0.15, -0.1) is 12.4 Å². The molecule has 1 aliphatic carbocycles. The van der Waals surface area contributed by atoms with Crippen LogP contribution in [0, 0.1) is 5.92 Å². The van der Waals surface area contributed by atoms with Crippen molar-refractivity contribution in [3.8, 4) is 11.5 Å². The first-order valence-electron chi connectivity index (χ1n) is 9.04. The average Bonchev–Trinajstić information content (AvgIpc) is 3.04. The van der Waals surface area contributed by atoms with E-state index in [9.17, 15) is 4.79 Å². The Balaban J connectivity index is 0.00000225. The van der Waals surface area contributed by atoms with Gasteiger partial charge in [0.1, 0.15) is 0 Å². The summed E-state index contributed by atoms with van der Waals surface area (Å²) in [7, 11) is 1.63. The highest BCUT2D eigenvalue weighted by molar-refractivity contribution is 5.85. The molecule has 0 aromatic heterocycles. The van der Waals surface area contributed by atoms with Crippen LogP contribution in [0.3, 0.4) is 0 Å². The van der Waals surface area contributed by atoms with Gasteiger partial charge in [-0.2, -0.15) is 0 Å². The van der Waals surface area contributed by atoms with E-state index in [4.69, 9.17) is 9.47 Å². The second-order valence-electron chi connectivity index (χ2n) is 6.74. The molecule has 1 saturated carbocycles. The molecular weight excluding hydrogens is 340 g/mol. The van der Waals surface area contributed by atoms with Crippen LogP contribution in [-0.2, 0) is 11.3 Å². The molecule has 1 aliphatic heterocycles. The van der Waals surface area contributed by atoms with E-state index in [0.717, 1.165) is 17.7 Å². The van der Waals surface area contributed by atoms with Crippen molar-refractivity contribution < 1.29 is 14.3 Å². The number of methoxy groups -OCH3 is 1. The molecule has 6 heteroatoms. The van der Waals surface area contributed by atoms with E-state index >= 15 is 0 Å². The number of hydrogen-bond donors (Lipinski definition) is 2. The fraction of sp³-hybridized carbons (Fsp3) is 0.632. The van der Waals surface area contributed by atoms with Crippen molar-refractivity contribution in [3.63, 3.8) is 0 Å². The fourth-order valence-electron chi connectivity index (χ4n) is 3.93. The van der Waals surface area contributed by atoms with Crippen molar-refractivity contribution in [2.24, 2.45) is 5.92 Å². The molecule has 3 atom stereocenters. The highest BCUT2D eigenvalue weighted by Crippen LogP contribution is 2.33. The van der Waals surface area contributed by atoms with Gasteiger partial charge in [-0.25, -0.2) is 0 Å². The monoisotopic (exact) mass is 368 g/mol. The summed E-state index contributed by atoms with van der Waals surface area (Å²) >= 11 is 0. The van der Waals surface area contributed by atoms with E-state index < -0.39 is 0 Å². The van der Waals surface area contributed by atoms with Crippen LogP contribution in [-0.4, -0.2) is 31.7 Å². The first kappa shape index (κ1) is 19.9. The lowest BCUT2D eigenvalue weighted by Crippen LogP contribution is -2.42. The zero-order chi connectivity index (χ0) is 16.9. The Morgan fingerprint density at radius 1 is 1.28 bits per heavy atom. The number of ether oxygens (including phenoxy) is 2. The second-order valence-corrected chi connectivity index (χ2v) is 6.74. The summed E-state index contributed by atoms with van der Waals surface area (Å²) in [6, 6.07) is 6.28. The lowest BCUT2D eigenvalue weighted by Gasteiger charge is -2.24. The Bertz CT molecular complexity index is 568. The molecule has 1 saturated heterocycles. The number of carbonyl (C=O) groups is 1. The third-order valence-electron chi connectivity index (χ3n) is 5.17. The van der Waals surface area contributed by atoms with E-state index in [1.54, 1.807) is 7.11 Å². The molecule has 1 aromatic carbocycles. The Kier molecular flexibility index (Phi) is 7.38. The number of benzene rings is 1. The zero-order valence-corrected chi connectivity index (χ0v) is 15.9. The molecule has 25 heavy (non-hydrogen) atoms. The molecule has 1 aromatic rings. The van der Waals surface area contributed by atoms with Crippen molar-refractivity contribution >= 4 is 18.3 Å². The van der Waals surface area contributed by atoms with Gasteiger partial charge in [-0.3, -0.25) is 4.79 Å². The van der Waals surface area contributed by atoms with Crippen LogP contribution in [0.1, 0.15) is 44.6 Å². The fourth-order valence-corrected chi connectivity index (χ4v) is 3.93. The van der Waals surface area contributed by atoms with Crippen LogP contribution in [0.15, 0.2) is 18.2 Å². The van der Waals surface area contributed by atoms with Gasteiger partial charge in [0.05, 0.1) is 19.8 Å². The van der Waals surface area contributed by atoms with Gasteiger partial charge in [-0.05, 0) is 49.8 Å². The minimum Gasteiger partial charge on any atom is -0.493 e. The SMILES string of the molecule is CCOc1cc(CNC(=O)C2CC3CCCCC3N2)ccc1OC.Cl. The predicted octanol–water partition coefficient (Wildman–Crippen LogP) is 3.05. The van der Waals surface area contributed by atoms with Crippen molar-refractivity contribution in [2.75, 3.05) is 13.7 Å². The normalized spacial score (nSPS) is 24.8. The summed E-state index contributed by atoms with van der Waals surface area (Å²) in [5.74, 6) is 2.23. The number of fused-ring (bicyclic) bond motifs is 1.